The number of hydrogen-bond acceptors (Lipinski definition) is 2. The lowest BCUT2D eigenvalue weighted by Gasteiger charge is -2.41. The Bertz CT molecular complexity index is 495. The summed E-state index contributed by atoms with van der Waals surface area (Å²) in [4.78, 5) is 2.18. The Morgan fingerprint density at radius 1 is 1.30 bits per heavy atom. The van der Waals surface area contributed by atoms with Gasteiger partial charge in [0.25, 0.3) is 0 Å². The predicted molar refractivity (Wildman–Crippen MR) is 78.5 cm³/mol. The summed E-state index contributed by atoms with van der Waals surface area (Å²) < 4.78 is 28.2. The van der Waals surface area contributed by atoms with Crippen molar-refractivity contribution in [2.45, 2.75) is 31.8 Å². The highest BCUT2D eigenvalue weighted by Crippen LogP contribution is 2.28. The third-order valence-electron chi connectivity index (χ3n) is 4.50. The molecule has 3 rings (SSSR count). The summed E-state index contributed by atoms with van der Waals surface area (Å²) in [7, 11) is 0. The molecule has 20 heavy (non-hydrogen) atoms. The molecule has 2 atom stereocenters. The molecule has 2 saturated heterocycles. The topological polar surface area (TPSA) is 15.3 Å². The van der Waals surface area contributed by atoms with Crippen LogP contribution in [0.25, 0.3) is 0 Å². The average molecular weight is 345 g/mol. The number of piperidine rings is 2. The second-order valence-electron chi connectivity index (χ2n) is 5.81. The largest absolute Gasteiger partial charge is 0.314 e. The standard InChI is InChI=1S/C15H19BrF2N2/c16-12-3-4-13(17)11(15(12)18)9-20-7-5-14-10(8-20)2-1-6-19-14/h3-4,10,14,19H,1-2,5-9H2. The molecule has 1 aromatic rings. The van der Waals surface area contributed by atoms with Crippen LogP contribution < -0.4 is 5.32 Å². The van der Waals surface area contributed by atoms with Gasteiger partial charge in [-0.2, -0.15) is 0 Å². The first kappa shape index (κ1) is 14.4. The molecule has 110 valence electrons. The fourth-order valence-corrected chi connectivity index (χ4v) is 3.77. The molecule has 2 fully saturated rings. The molecule has 5 heteroatoms. The maximum Gasteiger partial charge on any atom is 0.144 e. The Balaban J connectivity index is 1.71. The molecule has 0 radical (unpaired) electrons. The van der Waals surface area contributed by atoms with Crippen molar-refractivity contribution in [1.82, 2.24) is 10.2 Å². The zero-order chi connectivity index (χ0) is 14.1. The predicted octanol–water partition coefficient (Wildman–Crippen LogP) is 3.30. The van der Waals surface area contributed by atoms with Crippen LogP contribution in [0, 0.1) is 17.6 Å². The van der Waals surface area contributed by atoms with E-state index >= 15 is 0 Å². The van der Waals surface area contributed by atoms with Gasteiger partial charge in [0.1, 0.15) is 11.6 Å². The third kappa shape index (κ3) is 2.90. The number of fused-ring (bicyclic) bond motifs is 1. The fraction of sp³-hybridized carbons (Fsp3) is 0.600. The number of nitrogens with one attached hydrogen (secondary N) is 1. The van der Waals surface area contributed by atoms with E-state index in [1.165, 1.54) is 25.0 Å². The van der Waals surface area contributed by atoms with Crippen molar-refractivity contribution in [3.05, 3.63) is 33.8 Å². The van der Waals surface area contributed by atoms with Crippen LogP contribution in [0.15, 0.2) is 16.6 Å². The monoisotopic (exact) mass is 344 g/mol. The highest BCUT2D eigenvalue weighted by atomic mass is 79.9. The normalized spacial score (nSPS) is 27.4. The molecule has 2 heterocycles. The SMILES string of the molecule is Fc1ccc(Br)c(F)c1CN1CCC2NCCCC2C1. The van der Waals surface area contributed by atoms with Gasteiger partial charge >= 0.3 is 0 Å². The highest BCUT2D eigenvalue weighted by molar-refractivity contribution is 9.10. The minimum absolute atomic E-state index is 0.182. The van der Waals surface area contributed by atoms with Crippen molar-refractivity contribution in [2.24, 2.45) is 5.92 Å². The van der Waals surface area contributed by atoms with E-state index in [-0.39, 0.29) is 5.56 Å². The lowest BCUT2D eigenvalue weighted by Crippen LogP contribution is -2.51. The molecule has 1 N–H and O–H groups in total. The molecule has 0 bridgehead atoms. The van der Waals surface area contributed by atoms with Gasteiger partial charge < -0.3 is 5.32 Å². The molecule has 0 saturated carbocycles. The molecule has 2 nitrogen and oxygen atoms in total. The number of rotatable bonds is 2. The van der Waals surface area contributed by atoms with Gasteiger partial charge in [-0.15, -0.1) is 0 Å². The van der Waals surface area contributed by atoms with Gasteiger partial charge in [0.15, 0.2) is 0 Å². The Labute approximate surface area is 126 Å². The summed E-state index contributed by atoms with van der Waals surface area (Å²) in [5.41, 5.74) is 0.182. The summed E-state index contributed by atoms with van der Waals surface area (Å²) in [6.45, 7) is 3.30. The zero-order valence-electron chi connectivity index (χ0n) is 11.3. The fourth-order valence-electron chi connectivity index (χ4n) is 3.40. The van der Waals surface area contributed by atoms with E-state index in [1.54, 1.807) is 0 Å². The molecule has 0 aliphatic carbocycles. The second-order valence-corrected chi connectivity index (χ2v) is 6.66. The van der Waals surface area contributed by atoms with E-state index in [4.69, 9.17) is 0 Å². The number of halogens is 3. The molecule has 0 spiro atoms. The first-order valence-electron chi connectivity index (χ1n) is 7.23. The van der Waals surface area contributed by atoms with E-state index in [0.717, 1.165) is 26.1 Å². The Morgan fingerprint density at radius 2 is 2.15 bits per heavy atom. The van der Waals surface area contributed by atoms with Crippen LogP contribution in [0.3, 0.4) is 0 Å². The summed E-state index contributed by atoms with van der Waals surface area (Å²) in [6.07, 6.45) is 3.49. The highest BCUT2D eigenvalue weighted by Gasteiger charge is 2.31. The van der Waals surface area contributed by atoms with Crippen molar-refractivity contribution in [2.75, 3.05) is 19.6 Å². The van der Waals surface area contributed by atoms with Gasteiger partial charge in [-0.3, -0.25) is 4.90 Å². The van der Waals surface area contributed by atoms with Crippen LogP contribution in [0.2, 0.25) is 0 Å². The van der Waals surface area contributed by atoms with Gasteiger partial charge in [0.05, 0.1) is 4.47 Å². The van der Waals surface area contributed by atoms with Crippen LogP contribution in [-0.2, 0) is 6.54 Å². The lowest BCUT2D eigenvalue weighted by molar-refractivity contribution is 0.107. The Kier molecular flexibility index (Phi) is 4.38. The van der Waals surface area contributed by atoms with Crippen LogP contribution in [-0.4, -0.2) is 30.6 Å². The van der Waals surface area contributed by atoms with Crippen molar-refractivity contribution >= 4 is 15.9 Å². The van der Waals surface area contributed by atoms with E-state index < -0.39 is 11.6 Å². The second kappa shape index (κ2) is 6.08. The first-order chi connectivity index (χ1) is 9.65. The molecule has 0 amide bonds. The van der Waals surface area contributed by atoms with Crippen molar-refractivity contribution in [3.8, 4) is 0 Å². The maximum atomic E-state index is 14.0. The molecule has 1 aromatic carbocycles. The molecule has 2 unspecified atom stereocenters. The van der Waals surface area contributed by atoms with Crippen molar-refractivity contribution < 1.29 is 8.78 Å². The van der Waals surface area contributed by atoms with E-state index in [0.29, 0.717) is 23.0 Å². The number of nitrogens with zero attached hydrogens (tertiary/aromatic N) is 1. The maximum absolute atomic E-state index is 14.0. The lowest BCUT2D eigenvalue weighted by atomic mass is 9.85. The third-order valence-corrected chi connectivity index (χ3v) is 5.11. The summed E-state index contributed by atoms with van der Waals surface area (Å²) in [5.74, 6) is -0.292. The number of likely N-dealkylation sites (tertiary alicyclic amines) is 1. The van der Waals surface area contributed by atoms with Gasteiger partial charge in [0, 0.05) is 24.7 Å². The zero-order valence-corrected chi connectivity index (χ0v) is 12.9. The van der Waals surface area contributed by atoms with E-state index in [2.05, 4.69) is 26.1 Å². The molecular weight excluding hydrogens is 326 g/mol. The molecular formula is C15H19BrF2N2. The summed E-state index contributed by atoms with van der Waals surface area (Å²) in [6, 6.07) is 3.35. The van der Waals surface area contributed by atoms with Crippen molar-refractivity contribution in [3.63, 3.8) is 0 Å². The van der Waals surface area contributed by atoms with E-state index in [9.17, 15) is 8.78 Å². The Hall–Kier alpha value is -0.520. The summed E-state index contributed by atoms with van der Waals surface area (Å²) in [5, 5.41) is 3.56. The molecule has 2 aliphatic heterocycles. The first-order valence-corrected chi connectivity index (χ1v) is 8.02. The number of hydrogen-bond donors (Lipinski definition) is 1. The van der Waals surface area contributed by atoms with Crippen LogP contribution in [0.5, 0.6) is 0 Å². The summed E-state index contributed by atoms with van der Waals surface area (Å²) >= 11 is 3.13. The van der Waals surface area contributed by atoms with Crippen molar-refractivity contribution in [1.29, 1.82) is 0 Å². The molecule has 0 aromatic heterocycles. The van der Waals surface area contributed by atoms with Crippen LogP contribution in [0.1, 0.15) is 24.8 Å². The van der Waals surface area contributed by atoms with E-state index in [1.807, 2.05) is 0 Å². The Morgan fingerprint density at radius 3 is 3.00 bits per heavy atom. The average Bonchev–Trinajstić information content (AvgIpc) is 2.47. The smallest absolute Gasteiger partial charge is 0.144 e. The minimum atomic E-state index is -0.464. The minimum Gasteiger partial charge on any atom is -0.314 e. The van der Waals surface area contributed by atoms with Gasteiger partial charge in [0.2, 0.25) is 0 Å². The molecule has 2 aliphatic rings. The van der Waals surface area contributed by atoms with Gasteiger partial charge in [-0.25, -0.2) is 8.78 Å². The van der Waals surface area contributed by atoms with Gasteiger partial charge in [-0.1, -0.05) is 0 Å². The van der Waals surface area contributed by atoms with Gasteiger partial charge in [-0.05, 0) is 66.3 Å². The quantitative estimate of drug-likeness (QED) is 0.828. The number of benzene rings is 1. The van der Waals surface area contributed by atoms with Crippen LogP contribution in [0.4, 0.5) is 8.78 Å². The van der Waals surface area contributed by atoms with Crippen LogP contribution >= 0.6 is 15.9 Å².